The first kappa shape index (κ1) is 14.5. The third-order valence-corrected chi connectivity index (χ3v) is 5.27. The summed E-state index contributed by atoms with van der Waals surface area (Å²) in [5.74, 6) is 0.355. The summed E-state index contributed by atoms with van der Waals surface area (Å²) in [6.07, 6.45) is 4.02. The van der Waals surface area contributed by atoms with Crippen LogP contribution in [0.1, 0.15) is 34.5 Å². The second kappa shape index (κ2) is 5.81. The van der Waals surface area contributed by atoms with Crippen LogP contribution in [0.15, 0.2) is 35.7 Å². The van der Waals surface area contributed by atoms with Gasteiger partial charge in [0.2, 0.25) is 5.91 Å². The molecular weight excluding hydrogens is 308 g/mol. The number of hydrogen-bond acceptors (Lipinski definition) is 3. The fraction of sp³-hybridized carbons (Fsp3) is 0.333. The van der Waals surface area contributed by atoms with Crippen LogP contribution < -0.4 is 10.2 Å². The number of amides is 2. The zero-order chi connectivity index (χ0) is 15.8. The smallest absolute Gasteiger partial charge is 0.265 e. The number of nitrogens with one attached hydrogen (secondary N) is 1. The van der Waals surface area contributed by atoms with Crippen LogP contribution in [0.5, 0.6) is 0 Å². The Morgan fingerprint density at radius 1 is 1.22 bits per heavy atom. The van der Waals surface area contributed by atoms with Gasteiger partial charge >= 0.3 is 0 Å². The summed E-state index contributed by atoms with van der Waals surface area (Å²) in [7, 11) is 0. The molecule has 4 rings (SSSR count). The normalized spacial score (nSPS) is 16.8. The number of carbonyl (C=O) groups is 2. The maximum Gasteiger partial charge on any atom is 0.265 e. The van der Waals surface area contributed by atoms with Crippen LogP contribution in [0.3, 0.4) is 0 Å². The molecule has 0 unspecified atom stereocenters. The van der Waals surface area contributed by atoms with Gasteiger partial charge in [0, 0.05) is 23.8 Å². The van der Waals surface area contributed by atoms with Crippen molar-refractivity contribution in [3.05, 3.63) is 46.2 Å². The van der Waals surface area contributed by atoms with Crippen LogP contribution in [0.25, 0.3) is 0 Å². The fourth-order valence-electron chi connectivity index (χ4n) is 3.03. The fourth-order valence-corrected chi connectivity index (χ4v) is 3.65. The topological polar surface area (TPSA) is 49.4 Å². The maximum atomic E-state index is 12.5. The molecule has 0 spiro atoms. The predicted octanol–water partition coefficient (Wildman–Crippen LogP) is 3.69. The van der Waals surface area contributed by atoms with Crippen LogP contribution in [0, 0.1) is 5.92 Å². The van der Waals surface area contributed by atoms with Crippen molar-refractivity contribution in [2.45, 2.75) is 25.7 Å². The van der Waals surface area contributed by atoms with Gasteiger partial charge < -0.3 is 10.2 Å². The summed E-state index contributed by atoms with van der Waals surface area (Å²) in [5, 5.41) is 4.82. The van der Waals surface area contributed by atoms with E-state index in [2.05, 4.69) is 5.32 Å². The number of thiophene rings is 1. The van der Waals surface area contributed by atoms with Gasteiger partial charge in [-0.05, 0) is 54.8 Å². The molecule has 23 heavy (non-hydrogen) atoms. The number of hydrogen-bond donors (Lipinski definition) is 1. The lowest BCUT2D eigenvalue weighted by atomic mass is 10.0. The number of fused-ring (bicyclic) bond motifs is 1. The molecule has 5 heteroatoms. The molecule has 4 nitrogen and oxygen atoms in total. The van der Waals surface area contributed by atoms with Gasteiger partial charge in [-0.2, -0.15) is 0 Å². The molecule has 118 valence electrons. The van der Waals surface area contributed by atoms with Crippen molar-refractivity contribution >= 4 is 34.5 Å². The Balaban J connectivity index is 1.59. The number of nitrogens with zero attached hydrogens (tertiary/aromatic N) is 1. The van der Waals surface area contributed by atoms with E-state index >= 15 is 0 Å². The molecule has 0 saturated heterocycles. The second-order valence-electron chi connectivity index (χ2n) is 6.14. The monoisotopic (exact) mass is 326 g/mol. The number of benzene rings is 1. The molecule has 0 bridgehead atoms. The van der Waals surface area contributed by atoms with E-state index in [1.807, 2.05) is 34.5 Å². The zero-order valence-electron chi connectivity index (χ0n) is 12.7. The van der Waals surface area contributed by atoms with Gasteiger partial charge in [-0.3, -0.25) is 9.59 Å². The van der Waals surface area contributed by atoms with Crippen LogP contribution in [-0.2, 0) is 11.2 Å². The highest BCUT2D eigenvalue weighted by Crippen LogP contribution is 2.37. The van der Waals surface area contributed by atoms with Crippen molar-refractivity contribution in [3.63, 3.8) is 0 Å². The van der Waals surface area contributed by atoms with E-state index in [9.17, 15) is 9.59 Å². The minimum absolute atomic E-state index is 0.101. The van der Waals surface area contributed by atoms with Crippen LogP contribution in [0.4, 0.5) is 11.4 Å². The Kier molecular flexibility index (Phi) is 3.65. The molecule has 2 amide bonds. The number of anilines is 2. The predicted molar refractivity (Wildman–Crippen MR) is 92.1 cm³/mol. The van der Waals surface area contributed by atoms with Gasteiger partial charge in [0.25, 0.3) is 5.91 Å². The van der Waals surface area contributed by atoms with Crippen molar-refractivity contribution in [1.82, 2.24) is 0 Å². The van der Waals surface area contributed by atoms with Crippen LogP contribution in [0.2, 0.25) is 0 Å². The van der Waals surface area contributed by atoms with Crippen LogP contribution >= 0.6 is 11.3 Å². The minimum Gasteiger partial charge on any atom is -0.321 e. The largest absolute Gasteiger partial charge is 0.321 e. The number of rotatable bonds is 3. The molecule has 1 aromatic heterocycles. The number of carbonyl (C=O) groups excluding carboxylic acids is 2. The van der Waals surface area contributed by atoms with Gasteiger partial charge in [0.1, 0.15) is 0 Å². The Morgan fingerprint density at radius 2 is 2.09 bits per heavy atom. The summed E-state index contributed by atoms with van der Waals surface area (Å²) >= 11 is 1.42. The summed E-state index contributed by atoms with van der Waals surface area (Å²) in [4.78, 5) is 27.3. The Hall–Kier alpha value is -2.14. The van der Waals surface area contributed by atoms with Gasteiger partial charge in [-0.15, -0.1) is 11.3 Å². The second-order valence-corrected chi connectivity index (χ2v) is 7.09. The molecule has 1 aliphatic heterocycles. The maximum absolute atomic E-state index is 12.5. The SMILES string of the molecule is O=C(Nc1ccc2c(c1)N(C(=O)C1CC1)CCC2)c1cccs1. The Bertz CT molecular complexity index is 750. The molecule has 0 radical (unpaired) electrons. The zero-order valence-corrected chi connectivity index (χ0v) is 13.6. The van der Waals surface area contributed by atoms with Crippen molar-refractivity contribution in [3.8, 4) is 0 Å². The highest BCUT2D eigenvalue weighted by molar-refractivity contribution is 7.12. The minimum atomic E-state index is -0.101. The van der Waals surface area contributed by atoms with E-state index in [0.29, 0.717) is 4.88 Å². The van der Waals surface area contributed by atoms with Gasteiger partial charge in [-0.25, -0.2) is 0 Å². The summed E-state index contributed by atoms with van der Waals surface area (Å²) in [6.45, 7) is 0.782. The van der Waals surface area contributed by atoms with Crippen molar-refractivity contribution < 1.29 is 9.59 Å². The highest BCUT2D eigenvalue weighted by Gasteiger charge is 2.35. The number of aryl methyl sites for hydroxylation is 1. The average molecular weight is 326 g/mol. The lowest BCUT2D eigenvalue weighted by Gasteiger charge is -2.30. The first-order valence-electron chi connectivity index (χ1n) is 8.01. The third kappa shape index (κ3) is 2.88. The van der Waals surface area contributed by atoms with Crippen molar-refractivity contribution in [2.75, 3.05) is 16.8 Å². The van der Waals surface area contributed by atoms with E-state index < -0.39 is 0 Å². The molecule has 2 aliphatic rings. The van der Waals surface area contributed by atoms with Crippen LogP contribution in [-0.4, -0.2) is 18.4 Å². The molecule has 1 aliphatic carbocycles. The van der Waals surface area contributed by atoms with Gasteiger partial charge in [-0.1, -0.05) is 12.1 Å². The van der Waals surface area contributed by atoms with E-state index in [-0.39, 0.29) is 17.7 Å². The lowest BCUT2D eigenvalue weighted by Crippen LogP contribution is -2.36. The molecule has 1 aromatic carbocycles. The molecule has 1 N–H and O–H groups in total. The molecule has 1 fully saturated rings. The first-order valence-corrected chi connectivity index (χ1v) is 8.89. The summed E-state index contributed by atoms with van der Waals surface area (Å²) < 4.78 is 0. The molecule has 2 aromatic rings. The van der Waals surface area contributed by atoms with Gasteiger partial charge in [0.15, 0.2) is 0 Å². The quantitative estimate of drug-likeness (QED) is 0.935. The third-order valence-electron chi connectivity index (χ3n) is 4.40. The summed E-state index contributed by atoms with van der Waals surface area (Å²) in [6, 6.07) is 9.57. The molecule has 1 saturated carbocycles. The van der Waals surface area contributed by atoms with Gasteiger partial charge in [0.05, 0.1) is 4.88 Å². The van der Waals surface area contributed by atoms with E-state index in [4.69, 9.17) is 0 Å². The molecular formula is C18H18N2O2S. The van der Waals surface area contributed by atoms with Crippen molar-refractivity contribution in [1.29, 1.82) is 0 Å². The van der Waals surface area contributed by atoms with E-state index in [1.165, 1.54) is 16.9 Å². The van der Waals surface area contributed by atoms with E-state index in [1.54, 1.807) is 6.07 Å². The molecule has 0 atom stereocenters. The van der Waals surface area contributed by atoms with Crippen molar-refractivity contribution in [2.24, 2.45) is 5.92 Å². The Labute approximate surface area is 139 Å². The Morgan fingerprint density at radius 3 is 2.83 bits per heavy atom. The average Bonchev–Trinajstić information content (AvgIpc) is 3.27. The first-order chi connectivity index (χ1) is 11.2. The van der Waals surface area contributed by atoms with E-state index in [0.717, 1.165) is 43.6 Å². The molecule has 2 heterocycles. The standard InChI is InChI=1S/C18H18N2O2S/c21-17(16-4-2-10-23-16)19-14-8-7-12-3-1-9-20(15(12)11-14)18(22)13-5-6-13/h2,4,7-8,10-11,13H,1,3,5-6,9H2,(H,19,21). The highest BCUT2D eigenvalue weighted by atomic mass is 32.1. The lowest BCUT2D eigenvalue weighted by molar-refractivity contribution is -0.119. The summed E-state index contributed by atoms with van der Waals surface area (Å²) in [5.41, 5.74) is 2.91.